The number of nitrogens with zero attached hydrogens (tertiary/aromatic N) is 5. The molecule has 1 saturated heterocycles. The Labute approximate surface area is 193 Å². The van der Waals surface area contributed by atoms with Crippen LogP contribution in [0.3, 0.4) is 0 Å². The minimum absolute atomic E-state index is 0.0148. The van der Waals surface area contributed by atoms with Gasteiger partial charge in [0.05, 0.1) is 29.5 Å². The standard InChI is InChI=1S/C24H28N6O3/c1-18-4-3-9-25-22(18)16-28-10-12-29(13-11-28)24(32)19-5-7-21(8-6-19)30-15-20(14-26-30)27-23(31)17-33-2/h3-9,14-15H,10-13,16-17H2,1-2H3,(H,27,31). The van der Waals surface area contributed by atoms with Crippen LogP contribution in [0.1, 0.15) is 21.6 Å². The highest BCUT2D eigenvalue weighted by Gasteiger charge is 2.22. The predicted octanol–water partition coefficient (Wildman–Crippen LogP) is 2.12. The number of hydrogen-bond donors (Lipinski definition) is 1. The molecule has 33 heavy (non-hydrogen) atoms. The molecule has 3 aromatic rings. The maximum atomic E-state index is 13.0. The number of carbonyl (C=O) groups excluding carboxylic acids is 2. The summed E-state index contributed by atoms with van der Waals surface area (Å²) >= 11 is 0. The number of piperazine rings is 1. The molecular weight excluding hydrogens is 420 g/mol. The fraction of sp³-hybridized carbons (Fsp3) is 0.333. The number of benzene rings is 1. The Morgan fingerprint density at radius 1 is 1.09 bits per heavy atom. The zero-order valence-electron chi connectivity index (χ0n) is 18.9. The van der Waals surface area contributed by atoms with Crippen LogP contribution in [0.25, 0.3) is 5.69 Å². The van der Waals surface area contributed by atoms with Crippen molar-refractivity contribution in [3.05, 3.63) is 71.8 Å². The Hall–Kier alpha value is -3.56. The van der Waals surface area contributed by atoms with E-state index in [0.717, 1.165) is 31.0 Å². The summed E-state index contributed by atoms with van der Waals surface area (Å²) in [5.74, 6) is -0.212. The third-order valence-corrected chi connectivity index (χ3v) is 5.67. The van der Waals surface area contributed by atoms with Gasteiger partial charge in [-0.05, 0) is 42.8 Å². The van der Waals surface area contributed by atoms with Gasteiger partial charge in [0.1, 0.15) is 6.61 Å². The smallest absolute Gasteiger partial charge is 0.253 e. The summed E-state index contributed by atoms with van der Waals surface area (Å²) < 4.78 is 6.46. The number of aryl methyl sites for hydroxylation is 1. The maximum Gasteiger partial charge on any atom is 0.253 e. The average Bonchev–Trinajstić information content (AvgIpc) is 3.29. The van der Waals surface area contributed by atoms with E-state index in [-0.39, 0.29) is 18.4 Å². The molecule has 9 nitrogen and oxygen atoms in total. The van der Waals surface area contributed by atoms with Crippen LogP contribution in [0, 0.1) is 6.92 Å². The van der Waals surface area contributed by atoms with Crippen molar-refractivity contribution in [3.63, 3.8) is 0 Å². The SMILES string of the molecule is COCC(=O)Nc1cnn(-c2ccc(C(=O)N3CCN(Cc4ncccc4C)CC3)cc2)c1. The van der Waals surface area contributed by atoms with Crippen molar-refractivity contribution >= 4 is 17.5 Å². The third-order valence-electron chi connectivity index (χ3n) is 5.67. The Balaban J connectivity index is 1.32. The van der Waals surface area contributed by atoms with Crippen molar-refractivity contribution in [2.75, 3.05) is 45.2 Å². The minimum Gasteiger partial charge on any atom is -0.375 e. The van der Waals surface area contributed by atoms with E-state index in [2.05, 4.69) is 33.3 Å². The highest BCUT2D eigenvalue weighted by atomic mass is 16.5. The molecule has 4 rings (SSSR count). The number of anilines is 1. The second-order valence-corrected chi connectivity index (χ2v) is 8.04. The van der Waals surface area contributed by atoms with E-state index < -0.39 is 0 Å². The molecule has 1 N–H and O–H groups in total. The molecule has 0 spiro atoms. The van der Waals surface area contributed by atoms with Crippen molar-refractivity contribution in [2.45, 2.75) is 13.5 Å². The molecule has 0 atom stereocenters. The fourth-order valence-electron chi connectivity index (χ4n) is 3.80. The molecule has 2 aromatic heterocycles. The van der Waals surface area contributed by atoms with Crippen molar-refractivity contribution in [1.29, 1.82) is 0 Å². The molecule has 172 valence electrons. The summed E-state index contributed by atoms with van der Waals surface area (Å²) in [4.78, 5) is 33.3. The van der Waals surface area contributed by atoms with Crippen LogP contribution in [0.4, 0.5) is 5.69 Å². The quantitative estimate of drug-likeness (QED) is 0.595. The van der Waals surface area contributed by atoms with E-state index in [9.17, 15) is 9.59 Å². The zero-order chi connectivity index (χ0) is 23.2. The molecular formula is C24H28N6O3. The number of nitrogens with one attached hydrogen (secondary N) is 1. The number of amides is 2. The zero-order valence-corrected chi connectivity index (χ0v) is 18.9. The predicted molar refractivity (Wildman–Crippen MR) is 124 cm³/mol. The van der Waals surface area contributed by atoms with Crippen LogP contribution in [-0.4, -0.2) is 76.3 Å². The maximum absolute atomic E-state index is 13.0. The molecule has 2 amide bonds. The van der Waals surface area contributed by atoms with E-state index in [1.165, 1.54) is 12.7 Å². The largest absolute Gasteiger partial charge is 0.375 e. The summed E-state index contributed by atoms with van der Waals surface area (Å²) in [6.07, 6.45) is 5.11. The van der Waals surface area contributed by atoms with Gasteiger partial charge < -0.3 is 15.0 Å². The molecule has 0 radical (unpaired) electrons. The van der Waals surface area contributed by atoms with Crippen LogP contribution in [0.5, 0.6) is 0 Å². The van der Waals surface area contributed by atoms with Crippen LogP contribution in [0.2, 0.25) is 0 Å². The summed E-state index contributed by atoms with van der Waals surface area (Å²) in [5.41, 5.74) is 4.31. The monoisotopic (exact) mass is 448 g/mol. The molecule has 1 aliphatic rings. The molecule has 0 bridgehead atoms. The van der Waals surface area contributed by atoms with Gasteiger partial charge in [0, 0.05) is 51.6 Å². The first-order valence-electron chi connectivity index (χ1n) is 10.9. The Morgan fingerprint density at radius 2 is 1.85 bits per heavy atom. The lowest BCUT2D eigenvalue weighted by Crippen LogP contribution is -2.48. The number of hydrogen-bond acceptors (Lipinski definition) is 6. The Kier molecular flexibility index (Phi) is 7.11. The van der Waals surface area contributed by atoms with Gasteiger partial charge in [-0.3, -0.25) is 19.5 Å². The summed E-state index contributed by atoms with van der Waals surface area (Å²) in [6, 6.07) is 11.3. The molecule has 3 heterocycles. The Bertz CT molecular complexity index is 1100. The normalized spacial score (nSPS) is 14.3. The van der Waals surface area contributed by atoms with Gasteiger partial charge in [-0.1, -0.05) is 6.07 Å². The number of pyridine rings is 1. The molecule has 1 aliphatic heterocycles. The highest BCUT2D eigenvalue weighted by molar-refractivity contribution is 5.94. The topological polar surface area (TPSA) is 92.6 Å². The summed E-state index contributed by atoms with van der Waals surface area (Å²) in [5, 5.41) is 6.98. The lowest BCUT2D eigenvalue weighted by atomic mass is 10.1. The van der Waals surface area contributed by atoms with Gasteiger partial charge in [0.25, 0.3) is 5.91 Å². The summed E-state index contributed by atoms with van der Waals surface area (Å²) in [7, 11) is 1.47. The number of ether oxygens (including phenoxy) is 1. The van der Waals surface area contributed by atoms with E-state index in [1.807, 2.05) is 41.4 Å². The Morgan fingerprint density at radius 3 is 2.55 bits per heavy atom. The van der Waals surface area contributed by atoms with Crippen molar-refractivity contribution in [3.8, 4) is 5.69 Å². The molecule has 0 aliphatic carbocycles. The number of methoxy groups -OCH3 is 1. The lowest BCUT2D eigenvalue weighted by molar-refractivity contribution is -0.119. The van der Waals surface area contributed by atoms with Gasteiger partial charge in [0.15, 0.2) is 0 Å². The van der Waals surface area contributed by atoms with Gasteiger partial charge in [-0.2, -0.15) is 5.10 Å². The van der Waals surface area contributed by atoms with E-state index in [1.54, 1.807) is 17.1 Å². The first-order valence-corrected chi connectivity index (χ1v) is 10.9. The number of aromatic nitrogens is 3. The van der Waals surface area contributed by atoms with Gasteiger partial charge in [-0.25, -0.2) is 4.68 Å². The molecule has 1 aromatic carbocycles. The first kappa shape index (κ1) is 22.6. The lowest BCUT2D eigenvalue weighted by Gasteiger charge is -2.34. The molecule has 0 saturated carbocycles. The van der Waals surface area contributed by atoms with Crippen molar-refractivity contribution in [1.82, 2.24) is 24.6 Å². The molecule has 9 heteroatoms. The first-order chi connectivity index (χ1) is 16.0. The molecule has 0 unspecified atom stereocenters. The van der Waals surface area contributed by atoms with Crippen molar-refractivity contribution in [2.24, 2.45) is 0 Å². The third kappa shape index (κ3) is 5.63. The van der Waals surface area contributed by atoms with Crippen LogP contribution in [-0.2, 0) is 16.1 Å². The van der Waals surface area contributed by atoms with E-state index >= 15 is 0 Å². The van der Waals surface area contributed by atoms with Gasteiger partial charge in [-0.15, -0.1) is 0 Å². The average molecular weight is 449 g/mol. The summed E-state index contributed by atoms with van der Waals surface area (Å²) in [6.45, 7) is 5.90. The highest BCUT2D eigenvalue weighted by Crippen LogP contribution is 2.16. The number of rotatable bonds is 7. The second kappa shape index (κ2) is 10.4. The molecule has 1 fully saturated rings. The van der Waals surface area contributed by atoms with Gasteiger partial charge >= 0.3 is 0 Å². The minimum atomic E-state index is -0.242. The second-order valence-electron chi connectivity index (χ2n) is 8.04. The van der Waals surface area contributed by atoms with Crippen molar-refractivity contribution < 1.29 is 14.3 Å². The van der Waals surface area contributed by atoms with E-state index in [4.69, 9.17) is 4.74 Å². The number of carbonyl (C=O) groups is 2. The van der Waals surface area contributed by atoms with E-state index in [0.29, 0.717) is 24.3 Å². The van der Waals surface area contributed by atoms with Crippen LogP contribution in [0.15, 0.2) is 55.0 Å². The fourth-order valence-corrected chi connectivity index (χ4v) is 3.80. The van der Waals surface area contributed by atoms with Crippen LogP contribution >= 0.6 is 0 Å². The van der Waals surface area contributed by atoms with Crippen LogP contribution < -0.4 is 5.32 Å². The van der Waals surface area contributed by atoms with Gasteiger partial charge in [0.2, 0.25) is 5.91 Å².